The first-order valence-electron chi connectivity index (χ1n) is 4.73. The fourth-order valence-corrected chi connectivity index (χ4v) is 2.49. The summed E-state index contributed by atoms with van der Waals surface area (Å²) < 4.78 is 2.39. The highest BCUT2D eigenvalue weighted by Crippen LogP contribution is 2.50. The second kappa shape index (κ2) is 1.90. The Morgan fingerprint density at radius 3 is 2.83 bits per heavy atom. The molecule has 0 radical (unpaired) electrons. The van der Waals surface area contributed by atoms with Gasteiger partial charge in [0.1, 0.15) is 11.6 Å². The van der Waals surface area contributed by atoms with Crippen LogP contribution in [-0.4, -0.2) is 14.8 Å². The van der Waals surface area contributed by atoms with Crippen molar-refractivity contribution < 1.29 is 0 Å². The second-order valence-corrected chi connectivity index (χ2v) is 4.08. The second-order valence-electron chi connectivity index (χ2n) is 4.08. The molecule has 12 heavy (non-hydrogen) atoms. The van der Waals surface area contributed by atoms with Gasteiger partial charge in [-0.25, -0.2) is 0 Å². The van der Waals surface area contributed by atoms with Crippen molar-refractivity contribution in [3.05, 3.63) is 11.6 Å². The Kier molecular flexibility index (Phi) is 1.05. The summed E-state index contributed by atoms with van der Waals surface area (Å²) >= 11 is 0. The van der Waals surface area contributed by atoms with E-state index in [0.29, 0.717) is 5.54 Å². The average molecular weight is 163 g/mol. The summed E-state index contributed by atoms with van der Waals surface area (Å²) in [5, 5.41) is 8.35. The molecule has 0 N–H and O–H groups in total. The maximum atomic E-state index is 4.20. The monoisotopic (exact) mass is 163 g/mol. The molecular weight excluding hydrogens is 150 g/mol. The van der Waals surface area contributed by atoms with Gasteiger partial charge in [-0.2, -0.15) is 0 Å². The SMILES string of the molecule is Cc1nnc2n1C1(CCC2)CC1. The number of aryl methyl sites for hydroxylation is 2. The number of aromatic nitrogens is 3. The Hall–Kier alpha value is -0.860. The highest BCUT2D eigenvalue weighted by atomic mass is 15.3. The molecule has 0 bridgehead atoms. The topological polar surface area (TPSA) is 30.7 Å². The molecule has 1 aliphatic heterocycles. The van der Waals surface area contributed by atoms with Gasteiger partial charge >= 0.3 is 0 Å². The van der Waals surface area contributed by atoms with Crippen molar-refractivity contribution in [2.24, 2.45) is 0 Å². The van der Waals surface area contributed by atoms with Crippen LogP contribution in [0.15, 0.2) is 0 Å². The van der Waals surface area contributed by atoms with E-state index in [1.54, 1.807) is 0 Å². The van der Waals surface area contributed by atoms with Gasteiger partial charge in [-0.05, 0) is 32.6 Å². The van der Waals surface area contributed by atoms with Crippen LogP contribution in [0.2, 0.25) is 0 Å². The third-order valence-electron chi connectivity index (χ3n) is 3.24. The van der Waals surface area contributed by atoms with Gasteiger partial charge in [-0.3, -0.25) is 0 Å². The first-order valence-corrected chi connectivity index (χ1v) is 4.73. The van der Waals surface area contributed by atoms with Crippen molar-refractivity contribution in [1.82, 2.24) is 14.8 Å². The maximum Gasteiger partial charge on any atom is 0.133 e. The lowest BCUT2D eigenvalue weighted by molar-refractivity contribution is 0.368. The van der Waals surface area contributed by atoms with E-state index in [4.69, 9.17) is 0 Å². The van der Waals surface area contributed by atoms with Gasteiger partial charge in [0.25, 0.3) is 0 Å². The summed E-state index contributed by atoms with van der Waals surface area (Å²) in [5.41, 5.74) is 0.473. The quantitative estimate of drug-likeness (QED) is 0.579. The lowest BCUT2D eigenvalue weighted by Gasteiger charge is -2.24. The standard InChI is InChI=1S/C9H13N3/c1-7-10-11-8-3-2-4-9(5-6-9)12(7)8/h2-6H2,1H3. The van der Waals surface area contributed by atoms with Gasteiger partial charge in [-0.1, -0.05) is 0 Å². The minimum atomic E-state index is 0.473. The first-order chi connectivity index (χ1) is 5.82. The number of hydrogen-bond acceptors (Lipinski definition) is 2. The molecule has 64 valence electrons. The molecule has 1 aromatic rings. The van der Waals surface area contributed by atoms with E-state index >= 15 is 0 Å². The predicted molar refractivity (Wildman–Crippen MR) is 44.9 cm³/mol. The smallest absolute Gasteiger partial charge is 0.133 e. The molecule has 0 atom stereocenters. The molecule has 1 saturated carbocycles. The Balaban J connectivity index is 2.19. The Morgan fingerprint density at radius 2 is 2.08 bits per heavy atom. The molecule has 3 nitrogen and oxygen atoms in total. The van der Waals surface area contributed by atoms with Gasteiger partial charge < -0.3 is 4.57 Å². The zero-order valence-electron chi connectivity index (χ0n) is 7.38. The maximum absolute atomic E-state index is 4.20. The molecule has 0 saturated heterocycles. The van der Waals surface area contributed by atoms with Crippen molar-refractivity contribution in [1.29, 1.82) is 0 Å². The lowest BCUT2D eigenvalue weighted by atomic mass is 10.0. The Labute approximate surface area is 71.8 Å². The fraction of sp³-hybridized carbons (Fsp3) is 0.778. The molecular formula is C9H13N3. The van der Waals surface area contributed by atoms with E-state index in [1.807, 2.05) is 0 Å². The van der Waals surface area contributed by atoms with Crippen LogP contribution in [0.1, 0.15) is 37.3 Å². The summed E-state index contributed by atoms with van der Waals surface area (Å²) in [6.45, 7) is 2.07. The van der Waals surface area contributed by atoms with Crippen LogP contribution in [0, 0.1) is 6.92 Å². The van der Waals surface area contributed by atoms with E-state index in [1.165, 1.54) is 31.5 Å². The first kappa shape index (κ1) is 6.63. The summed E-state index contributed by atoms with van der Waals surface area (Å²) in [7, 11) is 0. The van der Waals surface area contributed by atoms with Gasteiger partial charge in [-0.15, -0.1) is 10.2 Å². The van der Waals surface area contributed by atoms with E-state index in [9.17, 15) is 0 Å². The van der Waals surface area contributed by atoms with Crippen LogP contribution >= 0.6 is 0 Å². The lowest BCUT2D eigenvalue weighted by Crippen LogP contribution is -2.25. The van der Waals surface area contributed by atoms with E-state index in [0.717, 1.165) is 12.2 Å². The van der Waals surface area contributed by atoms with Crippen LogP contribution in [0.5, 0.6) is 0 Å². The van der Waals surface area contributed by atoms with Crippen molar-refractivity contribution in [2.45, 2.75) is 44.6 Å². The molecule has 1 aromatic heterocycles. The van der Waals surface area contributed by atoms with Crippen molar-refractivity contribution in [3.8, 4) is 0 Å². The number of fused-ring (bicyclic) bond motifs is 2. The largest absolute Gasteiger partial charge is 0.309 e. The summed E-state index contributed by atoms with van der Waals surface area (Å²) in [4.78, 5) is 0. The highest BCUT2D eigenvalue weighted by Gasteiger charge is 2.47. The number of hydrogen-bond donors (Lipinski definition) is 0. The third-order valence-corrected chi connectivity index (χ3v) is 3.24. The Morgan fingerprint density at radius 1 is 1.25 bits per heavy atom. The molecule has 0 amide bonds. The molecule has 2 heterocycles. The van der Waals surface area contributed by atoms with E-state index in [2.05, 4.69) is 21.7 Å². The fourth-order valence-electron chi connectivity index (χ4n) is 2.49. The molecule has 0 aromatic carbocycles. The van der Waals surface area contributed by atoms with Crippen LogP contribution < -0.4 is 0 Å². The van der Waals surface area contributed by atoms with Crippen LogP contribution in [-0.2, 0) is 12.0 Å². The van der Waals surface area contributed by atoms with Gasteiger partial charge in [0.2, 0.25) is 0 Å². The minimum absolute atomic E-state index is 0.473. The molecule has 3 heteroatoms. The van der Waals surface area contributed by atoms with Crippen molar-refractivity contribution in [3.63, 3.8) is 0 Å². The molecule has 1 fully saturated rings. The van der Waals surface area contributed by atoms with Crippen LogP contribution in [0.4, 0.5) is 0 Å². The third kappa shape index (κ3) is 0.667. The molecule has 1 spiro atoms. The Bertz CT molecular complexity index is 323. The number of nitrogens with zero attached hydrogens (tertiary/aromatic N) is 3. The van der Waals surface area contributed by atoms with E-state index < -0.39 is 0 Å². The van der Waals surface area contributed by atoms with Crippen LogP contribution in [0.3, 0.4) is 0 Å². The zero-order valence-corrected chi connectivity index (χ0v) is 7.38. The molecule has 3 rings (SSSR count). The number of rotatable bonds is 0. The molecule has 2 aliphatic rings. The zero-order chi connectivity index (χ0) is 8.18. The highest BCUT2D eigenvalue weighted by molar-refractivity contribution is 5.12. The van der Waals surface area contributed by atoms with Crippen molar-refractivity contribution in [2.75, 3.05) is 0 Å². The minimum Gasteiger partial charge on any atom is -0.309 e. The summed E-state index contributed by atoms with van der Waals surface area (Å²) in [6, 6.07) is 0. The van der Waals surface area contributed by atoms with Gasteiger partial charge in [0, 0.05) is 12.0 Å². The summed E-state index contributed by atoms with van der Waals surface area (Å²) in [6.07, 6.45) is 6.47. The predicted octanol–water partition coefficient (Wildman–Crippen LogP) is 1.41. The van der Waals surface area contributed by atoms with E-state index in [-0.39, 0.29) is 0 Å². The molecule has 0 unspecified atom stereocenters. The van der Waals surface area contributed by atoms with Crippen LogP contribution in [0.25, 0.3) is 0 Å². The normalized spacial score (nSPS) is 24.1. The van der Waals surface area contributed by atoms with Crippen molar-refractivity contribution >= 4 is 0 Å². The average Bonchev–Trinajstić information content (AvgIpc) is 2.71. The van der Waals surface area contributed by atoms with Gasteiger partial charge in [0.05, 0.1) is 0 Å². The van der Waals surface area contributed by atoms with Gasteiger partial charge in [0.15, 0.2) is 0 Å². The summed E-state index contributed by atoms with van der Waals surface area (Å²) in [5.74, 6) is 2.33. The molecule has 1 aliphatic carbocycles.